The van der Waals surface area contributed by atoms with Crippen LogP contribution in [0.1, 0.15) is 27.0 Å². The first-order valence-corrected chi connectivity index (χ1v) is 7.93. The summed E-state index contributed by atoms with van der Waals surface area (Å²) >= 11 is 0. The second kappa shape index (κ2) is 6.77. The monoisotopic (exact) mass is 334 g/mol. The van der Waals surface area contributed by atoms with Crippen molar-refractivity contribution in [1.82, 2.24) is 0 Å². The van der Waals surface area contributed by atoms with Gasteiger partial charge in [0, 0.05) is 11.1 Å². The fraction of sp³-hybridized carbons (Fsp3) is 0.143. The van der Waals surface area contributed by atoms with E-state index in [1.165, 1.54) is 0 Å². The fourth-order valence-corrected chi connectivity index (χ4v) is 3.14. The number of aliphatic carboxylic acids is 1. The molecule has 4 nitrogen and oxygen atoms in total. The summed E-state index contributed by atoms with van der Waals surface area (Å²) in [4.78, 5) is 24.4. The summed E-state index contributed by atoms with van der Waals surface area (Å²) in [6.45, 7) is 1.81. The lowest BCUT2D eigenvalue weighted by Gasteiger charge is -2.05. The summed E-state index contributed by atoms with van der Waals surface area (Å²) in [5.74, 6) is -0.350. The molecule has 2 aliphatic rings. The Labute approximate surface area is 146 Å². The predicted molar refractivity (Wildman–Crippen MR) is 95.6 cm³/mol. The Bertz CT molecular complexity index is 910. The third kappa shape index (κ3) is 3.11. The van der Waals surface area contributed by atoms with Crippen molar-refractivity contribution in [1.29, 1.82) is 0 Å². The summed E-state index contributed by atoms with van der Waals surface area (Å²) in [7, 11) is 1.57. The molecule has 0 bridgehead atoms. The normalized spacial score (nSPS) is 10.6. The van der Waals surface area contributed by atoms with E-state index in [0.29, 0.717) is 22.4 Å². The molecule has 1 N–H and O–H groups in total. The molecule has 0 spiro atoms. The number of ketones is 1. The van der Waals surface area contributed by atoms with Gasteiger partial charge in [-0.2, -0.15) is 0 Å². The SMILES string of the molecule is COc1ccc(C(=O)c2c3cccccc-3c(CC(=O)O)c2C)cc1. The van der Waals surface area contributed by atoms with E-state index < -0.39 is 5.97 Å². The van der Waals surface area contributed by atoms with Crippen LogP contribution in [0.3, 0.4) is 0 Å². The highest BCUT2D eigenvalue weighted by Gasteiger charge is 2.26. The van der Waals surface area contributed by atoms with Crippen LogP contribution in [-0.2, 0) is 11.2 Å². The summed E-state index contributed by atoms with van der Waals surface area (Å²) < 4.78 is 5.13. The first kappa shape index (κ1) is 16.7. The van der Waals surface area contributed by atoms with Crippen molar-refractivity contribution in [3.8, 4) is 16.9 Å². The summed E-state index contributed by atoms with van der Waals surface area (Å²) in [6, 6.07) is 16.2. The zero-order chi connectivity index (χ0) is 18.0. The van der Waals surface area contributed by atoms with Gasteiger partial charge in [0.1, 0.15) is 5.75 Å². The maximum atomic E-state index is 13.1. The number of hydrogen-bond donors (Lipinski definition) is 1. The van der Waals surface area contributed by atoms with Gasteiger partial charge in [0.25, 0.3) is 0 Å². The second-order valence-corrected chi connectivity index (χ2v) is 5.84. The number of methoxy groups -OCH3 is 1. The lowest BCUT2D eigenvalue weighted by molar-refractivity contribution is -0.136. The average Bonchev–Trinajstić information content (AvgIpc) is 2.77. The van der Waals surface area contributed by atoms with Gasteiger partial charge in [-0.05, 0) is 53.4 Å². The molecule has 0 unspecified atom stereocenters. The maximum Gasteiger partial charge on any atom is 0.307 e. The smallest absolute Gasteiger partial charge is 0.307 e. The highest BCUT2D eigenvalue weighted by molar-refractivity contribution is 6.15. The Hall–Kier alpha value is -3.14. The van der Waals surface area contributed by atoms with Crippen LogP contribution in [0, 0.1) is 6.92 Å². The first-order valence-electron chi connectivity index (χ1n) is 7.93. The zero-order valence-electron chi connectivity index (χ0n) is 14.1. The molecule has 1 aromatic rings. The molecule has 0 amide bonds. The average molecular weight is 334 g/mol. The number of carbonyl (C=O) groups excluding carboxylic acids is 1. The molecule has 3 rings (SSSR count). The highest BCUT2D eigenvalue weighted by atomic mass is 16.5. The quantitative estimate of drug-likeness (QED) is 0.717. The molecule has 0 aromatic heterocycles. The standard InChI is InChI=1S/C21H18O4/c1-13-18(12-19(22)23)16-6-4-3-5-7-17(16)20(13)21(24)14-8-10-15(25-2)11-9-14/h3-11H,12H2,1-2H3,(H,22,23). The molecule has 0 fully saturated rings. The van der Waals surface area contributed by atoms with Crippen molar-refractivity contribution in [3.63, 3.8) is 0 Å². The van der Waals surface area contributed by atoms with Crippen LogP contribution in [0.25, 0.3) is 11.1 Å². The van der Waals surface area contributed by atoms with Gasteiger partial charge in [-0.3, -0.25) is 9.59 Å². The van der Waals surface area contributed by atoms with Crippen LogP contribution < -0.4 is 4.74 Å². The van der Waals surface area contributed by atoms with Crippen molar-refractivity contribution >= 4 is 11.8 Å². The molecule has 0 atom stereocenters. The predicted octanol–water partition coefficient (Wildman–Crippen LogP) is 3.97. The number of ether oxygens (including phenoxy) is 1. The first-order chi connectivity index (χ1) is 12.0. The Morgan fingerprint density at radius 1 is 0.960 bits per heavy atom. The largest absolute Gasteiger partial charge is 0.497 e. The van der Waals surface area contributed by atoms with Gasteiger partial charge in [0.2, 0.25) is 0 Å². The summed E-state index contributed by atoms with van der Waals surface area (Å²) in [5, 5.41) is 9.24. The van der Waals surface area contributed by atoms with Crippen LogP contribution in [0.15, 0.2) is 54.6 Å². The van der Waals surface area contributed by atoms with Crippen LogP contribution >= 0.6 is 0 Å². The van der Waals surface area contributed by atoms with Crippen molar-refractivity contribution in [3.05, 3.63) is 76.9 Å². The number of carbonyl (C=O) groups is 2. The molecule has 0 radical (unpaired) electrons. The number of carboxylic acids is 1. The molecule has 0 saturated heterocycles. The molecule has 4 heteroatoms. The van der Waals surface area contributed by atoms with E-state index in [9.17, 15) is 14.7 Å². The minimum atomic E-state index is -0.912. The van der Waals surface area contributed by atoms with Gasteiger partial charge in [-0.25, -0.2) is 0 Å². The molecule has 2 aliphatic carbocycles. The van der Waals surface area contributed by atoms with Gasteiger partial charge < -0.3 is 9.84 Å². The van der Waals surface area contributed by atoms with Gasteiger partial charge in [-0.1, -0.05) is 30.3 Å². The van der Waals surface area contributed by atoms with Crippen LogP contribution in [-0.4, -0.2) is 24.0 Å². The third-order valence-electron chi connectivity index (χ3n) is 4.37. The lowest BCUT2D eigenvalue weighted by Crippen LogP contribution is -2.04. The van der Waals surface area contributed by atoms with E-state index in [2.05, 4.69) is 0 Å². The third-order valence-corrected chi connectivity index (χ3v) is 4.37. The van der Waals surface area contributed by atoms with E-state index in [-0.39, 0.29) is 12.2 Å². The second-order valence-electron chi connectivity index (χ2n) is 5.84. The van der Waals surface area contributed by atoms with Crippen LogP contribution in [0.2, 0.25) is 0 Å². The van der Waals surface area contributed by atoms with Crippen molar-refractivity contribution < 1.29 is 19.4 Å². The van der Waals surface area contributed by atoms with E-state index in [4.69, 9.17) is 4.74 Å². The Morgan fingerprint density at radius 3 is 2.20 bits per heavy atom. The van der Waals surface area contributed by atoms with Crippen molar-refractivity contribution in [2.75, 3.05) is 7.11 Å². The molecule has 126 valence electrons. The molecule has 1 aromatic carbocycles. The minimum Gasteiger partial charge on any atom is -0.497 e. The van der Waals surface area contributed by atoms with E-state index in [0.717, 1.165) is 16.7 Å². The number of fused-ring (bicyclic) bond motifs is 1. The number of carboxylic acid groups (broad SMARTS) is 1. The van der Waals surface area contributed by atoms with E-state index >= 15 is 0 Å². The Balaban J connectivity index is 2.16. The summed E-state index contributed by atoms with van der Waals surface area (Å²) in [6.07, 6.45) is -0.109. The van der Waals surface area contributed by atoms with Gasteiger partial charge in [-0.15, -0.1) is 0 Å². The van der Waals surface area contributed by atoms with E-state index in [1.807, 2.05) is 37.3 Å². The minimum absolute atomic E-state index is 0.109. The topological polar surface area (TPSA) is 63.6 Å². The van der Waals surface area contributed by atoms with Gasteiger partial charge in [0.05, 0.1) is 13.5 Å². The summed E-state index contributed by atoms with van der Waals surface area (Å²) in [5.41, 5.74) is 4.11. The highest BCUT2D eigenvalue weighted by Crippen LogP contribution is 2.37. The zero-order valence-corrected chi connectivity index (χ0v) is 14.1. The molecule has 25 heavy (non-hydrogen) atoms. The molecule has 0 saturated carbocycles. The maximum absolute atomic E-state index is 13.1. The fourth-order valence-electron chi connectivity index (χ4n) is 3.14. The number of benzene rings is 1. The lowest BCUT2D eigenvalue weighted by atomic mass is 9.99. The van der Waals surface area contributed by atoms with Crippen molar-refractivity contribution in [2.24, 2.45) is 0 Å². The van der Waals surface area contributed by atoms with E-state index in [1.54, 1.807) is 31.4 Å². The van der Waals surface area contributed by atoms with Crippen LogP contribution in [0.5, 0.6) is 5.75 Å². The molecule has 0 aliphatic heterocycles. The van der Waals surface area contributed by atoms with Gasteiger partial charge >= 0.3 is 5.97 Å². The van der Waals surface area contributed by atoms with Crippen molar-refractivity contribution in [2.45, 2.75) is 13.3 Å². The number of hydrogen-bond acceptors (Lipinski definition) is 3. The molecule has 0 heterocycles. The van der Waals surface area contributed by atoms with Crippen LogP contribution in [0.4, 0.5) is 0 Å². The Morgan fingerprint density at radius 2 is 1.60 bits per heavy atom. The Kier molecular flexibility index (Phi) is 4.52. The van der Waals surface area contributed by atoms with Gasteiger partial charge in [0.15, 0.2) is 5.78 Å². The molecular formula is C21H18O4. The number of rotatable bonds is 5. The molecular weight excluding hydrogens is 316 g/mol.